The second kappa shape index (κ2) is 5.96. The monoisotopic (exact) mass is 150 g/mol. The van der Waals surface area contributed by atoms with Gasteiger partial charge in [-0.05, 0) is 27.2 Å². The van der Waals surface area contributed by atoms with E-state index in [1.807, 2.05) is 0 Å². The van der Waals surface area contributed by atoms with E-state index >= 15 is 0 Å². The fraction of sp³-hybridized carbons (Fsp3) is 0.455. The third-order valence-corrected chi connectivity index (χ3v) is 1.25. The molecular formula is C11H18. The summed E-state index contributed by atoms with van der Waals surface area (Å²) >= 11 is 0. The van der Waals surface area contributed by atoms with Crippen LogP contribution >= 0.6 is 0 Å². The zero-order valence-corrected chi connectivity index (χ0v) is 8.02. The summed E-state index contributed by atoms with van der Waals surface area (Å²) in [7, 11) is 0. The van der Waals surface area contributed by atoms with Crippen molar-refractivity contribution < 1.29 is 0 Å². The Morgan fingerprint density at radius 1 is 1.18 bits per heavy atom. The highest BCUT2D eigenvalue weighted by Gasteiger charge is 1.79. The fourth-order valence-electron chi connectivity index (χ4n) is 0.859. The molecule has 0 bridgehead atoms. The summed E-state index contributed by atoms with van der Waals surface area (Å²) in [4.78, 5) is 0. The van der Waals surface area contributed by atoms with Crippen LogP contribution in [0.4, 0.5) is 0 Å². The minimum atomic E-state index is 1.11. The average molecular weight is 150 g/mol. The molecule has 0 aliphatic carbocycles. The van der Waals surface area contributed by atoms with Crippen LogP contribution < -0.4 is 0 Å². The van der Waals surface area contributed by atoms with Crippen molar-refractivity contribution in [3.8, 4) is 0 Å². The Balaban J connectivity index is 4.01. The van der Waals surface area contributed by atoms with Crippen molar-refractivity contribution in [3.05, 3.63) is 35.5 Å². The van der Waals surface area contributed by atoms with Gasteiger partial charge in [-0.25, -0.2) is 0 Å². The Kier molecular flexibility index (Phi) is 5.54. The van der Waals surface area contributed by atoms with Crippen LogP contribution in [-0.2, 0) is 0 Å². The Labute approximate surface area is 70.3 Å². The lowest BCUT2D eigenvalue weighted by molar-refractivity contribution is 1.22. The van der Waals surface area contributed by atoms with Gasteiger partial charge in [0.2, 0.25) is 0 Å². The molecule has 0 aromatic carbocycles. The van der Waals surface area contributed by atoms with Crippen LogP contribution in [0.5, 0.6) is 0 Å². The number of allylic oxidation sites excluding steroid dienone is 6. The van der Waals surface area contributed by atoms with Gasteiger partial charge in [0.15, 0.2) is 0 Å². The molecule has 0 aliphatic heterocycles. The van der Waals surface area contributed by atoms with Crippen molar-refractivity contribution in [3.63, 3.8) is 0 Å². The van der Waals surface area contributed by atoms with E-state index in [-0.39, 0.29) is 0 Å². The standard InChI is InChI=1S/C11H18/c1-5-6-7-8-11(4)9-10(2)3/h6-9H,5H2,1-4H3/b7-6+,11-8-. The summed E-state index contributed by atoms with van der Waals surface area (Å²) in [6, 6.07) is 0. The molecule has 0 nitrogen and oxygen atoms in total. The van der Waals surface area contributed by atoms with Crippen molar-refractivity contribution >= 4 is 0 Å². The quantitative estimate of drug-likeness (QED) is 0.536. The van der Waals surface area contributed by atoms with E-state index < -0.39 is 0 Å². The third kappa shape index (κ3) is 7.11. The van der Waals surface area contributed by atoms with E-state index in [1.54, 1.807) is 0 Å². The molecule has 0 atom stereocenters. The predicted molar refractivity (Wildman–Crippen MR) is 52.6 cm³/mol. The molecule has 11 heavy (non-hydrogen) atoms. The van der Waals surface area contributed by atoms with Crippen molar-refractivity contribution in [2.24, 2.45) is 0 Å². The molecule has 0 heteroatoms. The zero-order chi connectivity index (χ0) is 8.69. The van der Waals surface area contributed by atoms with Crippen molar-refractivity contribution in [2.75, 3.05) is 0 Å². The first-order valence-corrected chi connectivity index (χ1v) is 4.15. The molecule has 0 heterocycles. The largest absolute Gasteiger partial charge is 0.0848 e. The maximum absolute atomic E-state index is 2.18. The van der Waals surface area contributed by atoms with Crippen molar-refractivity contribution in [1.29, 1.82) is 0 Å². The first-order chi connectivity index (χ1) is 5.16. The van der Waals surface area contributed by atoms with Gasteiger partial charge in [0, 0.05) is 0 Å². The minimum Gasteiger partial charge on any atom is -0.0848 e. The zero-order valence-electron chi connectivity index (χ0n) is 8.02. The van der Waals surface area contributed by atoms with Crippen LogP contribution in [-0.4, -0.2) is 0 Å². The molecule has 0 saturated carbocycles. The molecule has 0 radical (unpaired) electrons. The molecule has 0 aromatic heterocycles. The lowest BCUT2D eigenvalue weighted by Gasteiger charge is -1.90. The van der Waals surface area contributed by atoms with Crippen LogP contribution in [0, 0.1) is 0 Å². The van der Waals surface area contributed by atoms with Gasteiger partial charge in [-0.3, -0.25) is 0 Å². The van der Waals surface area contributed by atoms with Crippen LogP contribution in [0.2, 0.25) is 0 Å². The molecule has 0 spiro atoms. The highest BCUT2D eigenvalue weighted by Crippen LogP contribution is 2.00. The highest BCUT2D eigenvalue weighted by atomic mass is 13.9. The van der Waals surface area contributed by atoms with E-state index in [9.17, 15) is 0 Å². The summed E-state index contributed by atoms with van der Waals surface area (Å²) in [5, 5.41) is 0. The maximum atomic E-state index is 2.18. The number of hydrogen-bond acceptors (Lipinski definition) is 0. The van der Waals surface area contributed by atoms with Gasteiger partial charge in [0.05, 0.1) is 0 Å². The summed E-state index contributed by atoms with van der Waals surface area (Å²) in [5.74, 6) is 0. The molecule has 0 saturated heterocycles. The highest BCUT2D eigenvalue weighted by molar-refractivity contribution is 5.23. The van der Waals surface area contributed by atoms with E-state index in [0.29, 0.717) is 0 Å². The molecule has 0 aliphatic rings. The Bertz CT molecular complexity index is 176. The van der Waals surface area contributed by atoms with Crippen LogP contribution in [0.3, 0.4) is 0 Å². The summed E-state index contributed by atoms with van der Waals surface area (Å²) in [6.07, 6.45) is 9.69. The Morgan fingerprint density at radius 3 is 2.27 bits per heavy atom. The lowest BCUT2D eigenvalue weighted by Crippen LogP contribution is -1.69. The van der Waals surface area contributed by atoms with Crippen molar-refractivity contribution in [1.82, 2.24) is 0 Å². The molecule has 0 unspecified atom stereocenters. The summed E-state index contributed by atoms with van der Waals surface area (Å²) in [5.41, 5.74) is 2.67. The van der Waals surface area contributed by atoms with Crippen LogP contribution in [0.1, 0.15) is 34.1 Å². The van der Waals surface area contributed by atoms with E-state index in [2.05, 4.69) is 52.0 Å². The first-order valence-electron chi connectivity index (χ1n) is 4.15. The Morgan fingerprint density at radius 2 is 1.82 bits per heavy atom. The summed E-state index contributed by atoms with van der Waals surface area (Å²) < 4.78 is 0. The molecule has 0 amide bonds. The van der Waals surface area contributed by atoms with Gasteiger partial charge in [-0.15, -0.1) is 0 Å². The van der Waals surface area contributed by atoms with Crippen LogP contribution in [0.15, 0.2) is 35.5 Å². The topological polar surface area (TPSA) is 0 Å². The fourth-order valence-corrected chi connectivity index (χ4v) is 0.859. The average Bonchev–Trinajstić information content (AvgIpc) is 1.86. The minimum absolute atomic E-state index is 1.11. The smallest absolute Gasteiger partial charge is 0.0376 e. The maximum Gasteiger partial charge on any atom is -0.0376 e. The molecule has 62 valence electrons. The second-order valence-corrected chi connectivity index (χ2v) is 2.97. The van der Waals surface area contributed by atoms with Crippen LogP contribution in [0.25, 0.3) is 0 Å². The molecular weight excluding hydrogens is 132 g/mol. The predicted octanol–water partition coefficient (Wildman–Crippen LogP) is 3.87. The van der Waals surface area contributed by atoms with E-state index in [4.69, 9.17) is 0 Å². The van der Waals surface area contributed by atoms with E-state index in [0.717, 1.165) is 6.42 Å². The number of hydrogen-bond donors (Lipinski definition) is 0. The van der Waals surface area contributed by atoms with Gasteiger partial charge in [-0.2, -0.15) is 0 Å². The third-order valence-electron chi connectivity index (χ3n) is 1.25. The second-order valence-electron chi connectivity index (χ2n) is 2.97. The lowest BCUT2D eigenvalue weighted by atomic mass is 10.2. The molecule has 0 rings (SSSR count). The Hall–Kier alpha value is -0.780. The van der Waals surface area contributed by atoms with Gasteiger partial charge >= 0.3 is 0 Å². The van der Waals surface area contributed by atoms with E-state index in [1.165, 1.54) is 11.1 Å². The van der Waals surface area contributed by atoms with Gasteiger partial charge in [0.25, 0.3) is 0 Å². The van der Waals surface area contributed by atoms with Gasteiger partial charge in [-0.1, -0.05) is 42.4 Å². The summed E-state index contributed by atoms with van der Waals surface area (Å²) in [6.45, 7) is 8.48. The SMILES string of the molecule is CC/C=C/C=C(/C)C=C(C)C. The molecule has 0 N–H and O–H groups in total. The normalized spacial score (nSPS) is 12.2. The molecule has 0 aromatic rings. The first kappa shape index (κ1) is 10.2. The van der Waals surface area contributed by atoms with Gasteiger partial charge in [0.1, 0.15) is 0 Å². The van der Waals surface area contributed by atoms with Gasteiger partial charge < -0.3 is 0 Å². The number of rotatable bonds is 3. The van der Waals surface area contributed by atoms with Crippen molar-refractivity contribution in [2.45, 2.75) is 34.1 Å². The molecule has 0 fully saturated rings.